The molecule has 0 aliphatic carbocycles. The van der Waals surface area contributed by atoms with Gasteiger partial charge in [-0.2, -0.15) is 5.10 Å². The van der Waals surface area contributed by atoms with Crippen molar-refractivity contribution in [3.63, 3.8) is 0 Å². The van der Waals surface area contributed by atoms with Gasteiger partial charge in [0.05, 0.1) is 18.3 Å². The van der Waals surface area contributed by atoms with Gasteiger partial charge in [0.15, 0.2) is 0 Å². The van der Waals surface area contributed by atoms with Crippen molar-refractivity contribution in [1.82, 2.24) is 15.2 Å². The van der Waals surface area contributed by atoms with Crippen LogP contribution in [-0.4, -0.2) is 42.3 Å². The summed E-state index contributed by atoms with van der Waals surface area (Å²) in [5, 5.41) is 15.2. The van der Waals surface area contributed by atoms with Gasteiger partial charge in [0.2, 0.25) is 0 Å². The smallest absolute Gasteiger partial charge is 0.328 e. The van der Waals surface area contributed by atoms with Crippen molar-refractivity contribution in [1.29, 1.82) is 0 Å². The summed E-state index contributed by atoms with van der Waals surface area (Å²) >= 11 is 0. The summed E-state index contributed by atoms with van der Waals surface area (Å²) in [5.74, 6) is 0.186. The molecule has 6 N–H and O–H groups in total. The number of H-pyrrole nitrogens is 1. The zero-order chi connectivity index (χ0) is 10.8. The van der Waals surface area contributed by atoms with Crippen molar-refractivity contribution < 1.29 is 19.5 Å². The fourth-order valence-corrected chi connectivity index (χ4v) is 1.63. The molecule has 0 amide bonds. The molecule has 1 aromatic rings. The predicted octanol–water partition coefficient (Wildman–Crippen LogP) is -1.66. The number of nitrogens with one attached hydrogen (secondary N) is 1. The molecule has 0 saturated carbocycles. The third-order valence-corrected chi connectivity index (χ3v) is 2.44. The van der Waals surface area contributed by atoms with Crippen molar-refractivity contribution >= 4 is 7.60 Å². The Kier molecular flexibility index (Phi) is 3.35. The highest BCUT2D eigenvalue weighted by Crippen LogP contribution is 2.36. The molecule has 0 aliphatic rings. The molecule has 0 aromatic carbocycles. The maximum Gasteiger partial charge on any atom is 0.328 e. The van der Waals surface area contributed by atoms with Gasteiger partial charge in [0.1, 0.15) is 12.2 Å². The Morgan fingerprint density at radius 1 is 1.64 bits per heavy atom. The molecule has 9 heteroatoms. The van der Waals surface area contributed by atoms with Gasteiger partial charge in [-0.25, -0.2) is 4.98 Å². The summed E-state index contributed by atoms with van der Waals surface area (Å²) in [6.07, 6.45) is -0.863. The minimum atomic E-state index is -4.27. The Hall–Kier alpha value is -0.790. The highest BCUT2D eigenvalue weighted by Gasteiger charge is 2.27. The Bertz CT molecular complexity index is 322. The number of aromatic amines is 1. The molecule has 1 heterocycles. The first kappa shape index (κ1) is 11.3. The predicted molar refractivity (Wildman–Crippen MR) is 46.2 cm³/mol. The van der Waals surface area contributed by atoms with Crippen LogP contribution in [0.5, 0.6) is 0 Å². The lowest BCUT2D eigenvalue weighted by molar-refractivity contribution is 0.156. The van der Waals surface area contributed by atoms with Crippen molar-refractivity contribution in [3.8, 4) is 0 Å². The summed E-state index contributed by atoms with van der Waals surface area (Å²) in [5.41, 5.74) is 5.46. The van der Waals surface area contributed by atoms with Gasteiger partial charge in [0, 0.05) is 0 Å². The molecule has 0 fully saturated rings. The number of aliphatic hydroxyl groups is 1. The molecule has 14 heavy (non-hydrogen) atoms. The van der Waals surface area contributed by atoms with E-state index in [0.717, 1.165) is 0 Å². The zero-order valence-electron chi connectivity index (χ0n) is 7.11. The number of hydrogen-bond donors (Lipinski definition) is 5. The second-order valence-corrected chi connectivity index (χ2v) is 4.51. The van der Waals surface area contributed by atoms with Gasteiger partial charge < -0.3 is 20.6 Å². The third-order valence-electron chi connectivity index (χ3n) is 1.59. The maximum atomic E-state index is 10.5. The van der Waals surface area contributed by atoms with Crippen LogP contribution >= 0.6 is 7.60 Å². The van der Waals surface area contributed by atoms with Crippen LogP contribution < -0.4 is 5.73 Å². The summed E-state index contributed by atoms with van der Waals surface area (Å²) < 4.78 is 10.5. The van der Waals surface area contributed by atoms with Crippen LogP contribution in [0.1, 0.15) is 11.9 Å². The molecular weight excluding hydrogens is 211 g/mol. The van der Waals surface area contributed by atoms with Crippen molar-refractivity contribution in [2.75, 3.05) is 6.16 Å². The van der Waals surface area contributed by atoms with E-state index >= 15 is 0 Å². The minimum absolute atomic E-state index is 0.186. The second-order valence-electron chi connectivity index (χ2n) is 2.81. The number of rotatable bonds is 4. The topological polar surface area (TPSA) is 145 Å². The number of nitrogens with two attached hydrogens (primary N) is 1. The first-order chi connectivity index (χ1) is 6.40. The third kappa shape index (κ3) is 3.17. The normalized spacial score (nSPS) is 16.6. The summed E-state index contributed by atoms with van der Waals surface area (Å²) in [4.78, 5) is 20.8. The largest absolute Gasteiger partial charge is 0.390 e. The quantitative estimate of drug-likeness (QED) is 0.383. The van der Waals surface area contributed by atoms with Gasteiger partial charge in [-0.3, -0.25) is 9.66 Å². The van der Waals surface area contributed by atoms with Crippen LogP contribution in [0.3, 0.4) is 0 Å². The van der Waals surface area contributed by atoms with E-state index in [4.69, 9.17) is 15.5 Å². The number of aromatic nitrogens is 3. The second kappa shape index (κ2) is 4.16. The van der Waals surface area contributed by atoms with E-state index in [0.29, 0.717) is 0 Å². The molecule has 0 unspecified atom stereocenters. The number of aliphatic hydroxyl groups excluding tert-OH is 1. The van der Waals surface area contributed by atoms with E-state index in [-0.39, 0.29) is 5.82 Å². The fourth-order valence-electron chi connectivity index (χ4n) is 0.915. The molecule has 1 aromatic heterocycles. The van der Waals surface area contributed by atoms with Gasteiger partial charge in [-0.1, -0.05) is 0 Å². The highest BCUT2D eigenvalue weighted by atomic mass is 31.2. The Morgan fingerprint density at radius 2 is 2.29 bits per heavy atom. The Balaban J connectivity index is 2.62. The molecule has 80 valence electrons. The zero-order valence-corrected chi connectivity index (χ0v) is 8.00. The lowest BCUT2D eigenvalue weighted by atomic mass is 10.2. The van der Waals surface area contributed by atoms with E-state index in [9.17, 15) is 9.67 Å². The van der Waals surface area contributed by atoms with Crippen LogP contribution in [0, 0.1) is 0 Å². The van der Waals surface area contributed by atoms with Gasteiger partial charge in [-0.15, -0.1) is 0 Å². The summed E-state index contributed by atoms with van der Waals surface area (Å²) in [6, 6.07) is -0.981. The molecule has 2 atom stereocenters. The molecule has 0 bridgehead atoms. The summed E-state index contributed by atoms with van der Waals surface area (Å²) in [7, 11) is -4.27. The van der Waals surface area contributed by atoms with E-state index in [1.165, 1.54) is 6.33 Å². The number of hydrogen-bond acceptors (Lipinski definition) is 5. The maximum absolute atomic E-state index is 10.5. The van der Waals surface area contributed by atoms with Crippen molar-refractivity contribution in [3.05, 3.63) is 12.2 Å². The monoisotopic (exact) mass is 222 g/mol. The van der Waals surface area contributed by atoms with Crippen LogP contribution in [0.15, 0.2) is 6.33 Å². The van der Waals surface area contributed by atoms with Crippen LogP contribution in [-0.2, 0) is 4.57 Å². The molecule has 0 saturated heterocycles. The van der Waals surface area contributed by atoms with E-state index < -0.39 is 25.9 Å². The lowest BCUT2D eigenvalue weighted by Gasteiger charge is -2.16. The van der Waals surface area contributed by atoms with Gasteiger partial charge >= 0.3 is 7.60 Å². The van der Waals surface area contributed by atoms with E-state index in [1.807, 2.05) is 0 Å². The van der Waals surface area contributed by atoms with Crippen LogP contribution in [0.2, 0.25) is 0 Å². The summed E-state index contributed by atoms with van der Waals surface area (Å²) in [6.45, 7) is 0. The molecule has 0 spiro atoms. The van der Waals surface area contributed by atoms with Gasteiger partial charge in [-0.05, 0) is 0 Å². The Labute approximate surface area is 79.3 Å². The first-order valence-corrected chi connectivity index (χ1v) is 5.53. The fraction of sp³-hybridized carbons (Fsp3) is 0.600. The van der Waals surface area contributed by atoms with E-state index in [2.05, 4.69) is 15.2 Å². The average molecular weight is 222 g/mol. The average Bonchev–Trinajstić information content (AvgIpc) is 2.51. The lowest BCUT2D eigenvalue weighted by Crippen LogP contribution is -2.30. The van der Waals surface area contributed by atoms with E-state index in [1.54, 1.807) is 0 Å². The minimum Gasteiger partial charge on any atom is -0.390 e. The van der Waals surface area contributed by atoms with Crippen molar-refractivity contribution in [2.24, 2.45) is 5.73 Å². The highest BCUT2D eigenvalue weighted by molar-refractivity contribution is 7.51. The molecular formula is C5H11N4O4P. The first-order valence-electron chi connectivity index (χ1n) is 3.73. The molecule has 0 radical (unpaired) electrons. The standard InChI is InChI=1S/C5H11N4O4P/c6-4(5-7-2-8-9-5)3(10)1-14(11,12)13/h2-4,10H,1,6H2,(H,7,8,9)(H2,11,12,13)/t3-,4-/m0/s1. The molecule has 1 rings (SSSR count). The SMILES string of the molecule is N[C@H](c1ncn[nH]1)[C@@H](O)CP(=O)(O)O. The van der Waals surface area contributed by atoms with Crippen molar-refractivity contribution in [2.45, 2.75) is 12.1 Å². The van der Waals surface area contributed by atoms with Crippen LogP contribution in [0.25, 0.3) is 0 Å². The molecule has 8 nitrogen and oxygen atoms in total. The molecule has 0 aliphatic heterocycles. The number of nitrogens with zero attached hydrogens (tertiary/aromatic N) is 2. The van der Waals surface area contributed by atoms with Crippen LogP contribution in [0.4, 0.5) is 0 Å². The van der Waals surface area contributed by atoms with Gasteiger partial charge in [0.25, 0.3) is 0 Å². The Morgan fingerprint density at radius 3 is 2.71 bits per heavy atom.